The van der Waals surface area contributed by atoms with Crippen LogP contribution in [-0.4, -0.2) is 18.4 Å². The van der Waals surface area contributed by atoms with E-state index in [9.17, 15) is 9.59 Å². The Morgan fingerprint density at radius 2 is 1.82 bits per heavy atom. The SMILES string of the molecule is Cc1ccccc1C(=O)NCC(=O)Nc1ccc(Cl)cc1Cl. The van der Waals surface area contributed by atoms with Crippen molar-refractivity contribution >= 4 is 40.7 Å². The molecule has 0 saturated carbocycles. The Bertz CT molecular complexity index is 717. The summed E-state index contributed by atoms with van der Waals surface area (Å²) in [5.41, 5.74) is 1.84. The van der Waals surface area contributed by atoms with Gasteiger partial charge in [0.15, 0.2) is 0 Å². The summed E-state index contributed by atoms with van der Waals surface area (Å²) in [7, 11) is 0. The van der Waals surface area contributed by atoms with E-state index in [-0.39, 0.29) is 18.4 Å². The van der Waals surface area contributed by atoms with Gasteiger partial charge in [-0.2, -0.15) is 0 Å². The van der Waals surface area contributed by atoms with Gasteiger partial charge < -0.3 is 10.6 Å². The monoisotopic (exact) mass is 336 g/mol. The zero-order valence-corrected chi connectivity index (χ0v) is 13.3. The van der Waals surface area contributed by atoms with Crippen LogP contribution in [0.5, 0.6) is 0 Å². The fourth-order valence-corrected chi connectivity index (χ4v) is 2.32. The molecule has 2 aromatic rings. The van der Waals surface area contributed by atoms with E-state index in [1.807, 2.05) is 19.1 Å². The van der Waals surface area contributed by atoms with Crippen molar-refractivity contribution in [2.45, 2.75) is 6.92 Å². The fourth-order valence-electron chi connectivity index (χ4n) is 1.87. The van der Waals surface area contributed by atoms with Crippen LogP contribution >= 0.6 is 23.2 Å². The molecule has 0 heterocycles. The van der Waals surface area contributed by atoms with Crippen LogP contribution in [0.2, 0.25) is 10.0 Å². The maximum absolute atomic E-state index is 12.0. The second kappa shape index (κ2) is 7.29. The lowest BCUT2D eigenvalue weighted by Gasteiger charge is -2.09. The first-order chi connectivity index (χ1) is 10.5. The van der Waals surface area contributed by atoms with Gasteiger partial charge in [-0.05, 0) is 36.8 Å². The minimum atomic E-state index is -0.369. The van der Waals surface area contributed by atoms with E-state index in [0.29, 0.717) is 21.3 Å². The van der Waals surface area contributed by atoms with Crippen molar-refractivity contribution in [3.8, 4) is 0 Å². The number of benzene rings is 2. The molecule has 0 aliphatic rings. The van der Waals surface area contributed by atoms with E-state index >= 15 is 0 Å². The van der Waals surface area contributed by atoms with E-state index in [1.54, 1.807) is 24.3 Å². The molecule has 0 atom stereocenters. The van der Waals surface area contributed by atoms with Crippen LogP contribution in [0.3, 0.4) is 0 Å². The predicted octanol–water partition coefficient (Wildman–Crippen LogP) is 3.67. The Balaban J connectivity index is 1.93. The summed E-state index contributed by atoms with van der Waals surface area (Å²) in [5, 5.41) is 6.01. The maximum atomic E-state index is 12.0. The van der Waals surface area contributed by atoms with E-state index in [0.717, 1.165) is 5.56 Å². The van der Waals surface area contributed by atoms with E-state index in [1.165, 1.54) is 6.07 Å². The number of nitrogens with one attached hydrogen (secondary N) is 2. The van der Waals surface area contributed by atoms with Gasteiger partial charge in [0.25, 0.3) is 5.91 Å². The zero-order valence-electron chi connectivity index (χ0n) is 11.8. The lowest BCUT2D eigenvalue weighted by atomic mass is 10.1. The van der Waals surface area contributed by atoms with E-state index in [4.69, 9.17) is 23.2 Å². The lowest BCUT2D eigenvalue weighted by molar-refractivity contribution is -0.115. The molecule has 4 nitrogen and oxygen atoms in total. The molecule has 2 N–H and O–H groups in total. The minimum Gasteiger partial charge on any atom is -0.343 e. The summed E-state index contributed by atoms with van der Waals surface area (Å²) in [6, 6.07) is 11.9. The van der Waals surface area contributed by atoms with Crippen LogP contribution in [0, 0.1) is 6.92 Å². The number of hydrogen-bond donors (Lipinski definition) is 2. The van der Waals surface area contributed by atoms with Crippen LogP contribution < -0.4 is 10.6 Å². The molecule has 2 amide bonds. The molecule has 22 heavy (non-hydrogen) atoms. The first-order valence-electron chi connectivity index (χ1n) is 6.56. The standard InChI is InChI=1S/C16H14Cl2N2O2/c1-10-4-2-3-5-12(10)16(22)19-9-15(21)20-14-7-6-11(17)8-13(14)18/h2-8H,9H2,1H3,(H,19,22)(H,20,21). The molecule has 0 unspecified atom stereocenters. The summed E-state index contributed by atoms with van der Waals surface area (Å²) >= 11 is 11.8. The summed E-state index contributed by atoms with van der Waals surface area (Å²) in [4.78, 5) is 23.9. The molecule has 0 fully saturated rings. The average Bonchev–Trinajstić information content (AvgIpc) is 2.48. The zero-order chi connectivity index (χ0) is 16.1. The Labute approximate surface area is 138 Å². The summed E-state index contributed by atoms with van der Waals surface area (Å²) < 4.78 is 0. The highest BCUT2D eigenvalue weighted by atomic mass is 35.5. The highest BCUT2D eigenvalue weighted by Gasteiger charge is 2.11. The summed E-state index contributed by atoms with van der Waals surface area (Å²) in [6.07, 6.45) is 0. The van der Waals surface area contributed by atoms with Crippen LogP contribution in [0.25, 0.3) is 0 Å². The first-order valence-corrected chi connectivity index (χ1v) is 7.31. The molecule has 0 aliphatic heterocycles. The van der Waals surface area contributed by atoms with Crippen LogP contribution in [-0.2, 0) is 4.79 Å². The molecule has 6 heteroatoms. The van der Waals surface area contributed by atoms with Crippen molar-refractivity contribution in [3.63, 3.8) is 0 Å². The predicted molar refractivity (Wildman–Crippen MR) is 88.6 cm³/mol. The molecule has 114 valence electrons. The van der Waals surface area contributed by atoms with Crippen molar-refractivity contribution in [3.05, 3.63) is 63.6 Å². The van der Waals surface area contributed by atoms with Gasteiger partial charge in [0.2, 0.25) is 5.91 Å². The Hall–Kier alpha value is -2.04. The molecule has 2 rings (SSSR count). The van der Waals surface area contributed by atoms with Gasteiger partial charge in [-0.25, -0.2) is 0 Å². The minimum absolute atomic E-state index is 0.147. The van der Waals surface area contributed by atoms with E-state index < -0.39 is 0 Å². The van der Waals surface area contributed by atoms with Crippen molar-refractivity contribution < 1.29 is 9.59 Å². The van der Waals surface area contributed by atoms with Gasteiger partial charge in [-0.1, -0.05) is 41.4 Å². The van der Waals surface area contributed by atoms with Gasteiger partial charge in [0.05, 0.1) is 17.3 Å². The second-order valence-corrected chi connectivity index (χ2v) is 5.51. The Kier molecular flexibility index (Phi) is 5.41. The van der Waals surface area contributed by atoms with Gasteiger partial charge in [0.1, 0.15) is 0 Å². The third kappa shape index (κ3) is 4.23. The first kappa shape index (κ1) is 16.3. The number of halogens is 2. The number of carbonyl (C=O) groups excluding carboxylic acids is 2. The number of rotatable bonds is 4. The maximum Gasteiger partial charge on any atom is 0.251 e. The third-order valence-electron chi connectivity index (χ3n) is 3.00. The lowest BCUT2D eigenvalue weighted by Crippen LogP contribution is -2.33. The fraction of sp³-hybridized carbons (Fsp3) is 0.125. The molecule has 0 saturated heterocycles. The second-order valence-electron chi connectivity index (χ2n) is 4.67. The van der Waals surface area contributed by atoms with Crippen molar-refractivity contribution in [2.24, 2.45) is 0 Å². The van der Waals surface area contributed by atoms with Crippen LogP contribution in [0.4, 0.5) is 5.69 Å². The van der Waals surface area contributed by atoms with Crippen molar-refractivity contribution in [1.82, 2.24) is 5.32 Å². The number of hydrogen-bond acceptors (Lipinski definition) is 2. The van der Waals surface area contributed by atoms with Crippen molar-refractivity contribution in [1.29, 1.82) is 0 Å². The normalized spacial score (nSPS) is 10.1. The van der Waals surface area contributed by atoms with E-state index in [2.05, 4.69) is 10.6 Å². The Morgan fingerprint density at radius 1 is 1.09 bits per heavy atom. The number of anilines is 1. The van der Waals surface area contributed by atoms with Gasteiger partial charge in [-0.15, -0.1) is 0 Å². The quantitative estimate of drug-likeness (QED) is 0.894. The van der Waals surface area contributed by atoms with Crippen LogP contribution in [0.15, 0.2) is 42.5 Å². The molecule has 0 spiro atoms. The molecular weight excluding hydrogens is 323 g/mol. The van der Waals surface area contributed by atoms with Crippen LogP contribution in [0.1, 0.15) is 15.9 Å². The highest BCUT2D eigenvalue weighted by Crippen LogP contribution is 2.25. The summed E-state index contributed by atoms with van der Waals surface area (Å²) in [5.74, 6) is -0.665. The topological polar surface area (TPSA) is 58.2 Å². The van der Waals surface area contributed by atoms with Crippen molar-refractivity contribution in [2.75, 3.05) is 11.9 Å². The molecule has 0 aromatic heterocycles. The van der Waals surface area contributed by atoms with Gasteiger partial charge in [-0.3, -0.25) is 9.59 Å². The Morgan fingerprint density at radius 3 is 2.50 bits per heavy atom. The smallest absolute Gasteiger partial charge is 0.251 e. The number of amides is 2. The molecule has 2 aromatic carbocycles. The molecule has 0 radical (unpaired) electrons. The largest absolute Gasteiger partial charge is 0.343 e. The highest BCUT2D eigenvalue weighted by molar-refractivity contribution is 6.36. The molecule has 0 bridgehead atoms. The number of aryl methyl sites for hydroxylation is 1. The average molecular weight is 337 g/mol. The molecule has 0 aliphatic carbocycles. The summed E-state index contributed by atoms with van der Waals surface area (Å²) in [6.45, 7) is 1.69. The third-order valence-corrected chi connectivity index (χ3v) is 3.55. The number of carbonyl (C=O) groups is 2. The molecular formula is C16H14Cl2N2O2. The van der Waals surface area contributed by atoms with Gasteiger partial charge >= 0.3 is 0 Å². The van der Waals surface area contributed by atoms with Gasteiger partial charge in [0, 0.05) is 10.6 Å².